The Bertz CT molecular complexity index is 1150. The first kappa shape index (κ1) is 24.8. The van der Waals surface area contributed by atoms with E-state index in [1.54, 1.807) is 32.5 Å². The lowest BCUT2D eigenvalue weighted by molar-refractivity contribution is 0.354. The van der Waals surface area contributed by atoms with Crippen LogP contribution in [0, 0.1) is 0 Å². The number of nitrogens with zero attached hydrogens (tertiary/aromatic N) is 3. The maximum Gasteiger partial charge on any atom is 0.243 e. The Kier molecular flexibility index (Phi) is 8.15. The van der Waals surface area contributed by atoms with Crippen molar-refractivity contribution < 1.29 is 17.9 Å². The van der Waals surface area contributed by atoms with Crippen molar-refractivity contribution in [3.05, 3.63) is 71.5 Å². The van der Waals surface area contributed by atoms with Gasteiger partial charge in [-0.05, 0) is 60.7 Å². The standard InChI is InChI=1S/C25H33N3O4S/c1-6-28-22(13-15-26-28)18-27(16-14-20-7-12-24(31-4)25(17-20)32-5)33(29,30)23-10-8-21(9-11-23)19(2)3/h7-13,15,17,19H,6,14,16,18H2,1-5H3. The van der Waals surface area contributed by atoms with Gasteiger partial charge in [0.1, 0.15) is 0 Å². The summed E-state index contributed by atoms with van der Waals surface area (Å²) in [7, 11) is -0.528. The third-order valence-corrected chi connectivity index (χ3v) is 7.58. The Morgan fingerprint density at radius 1 is 1.00 bits per heavy atom. The maximum atomic E-state index is 13.6. The molecule has 7 nitrogen and oxygen atoms in total. The average molecular weight is 472 g/mol. The SMILES string of the molecule is CCn1nccc1CN(CCc1ccc(OC)c(OC)c1)S(=O)(=O)c1ccc(C(C)C)cc1. The Labute approximate surface area is 197 Å². The van der Waals surface area contributed by atoms with Gasteiger partial charge in [0.25, 0.3) is 0 Å². The Morgan fingerprint density at radius 3 is 2.30 bits per heavy atom. The van der Waals surface area contributed by atoms with Crippen LogP contribution in [0.3, 0.4) is 0 Å². The van der Waals surface area contributed by atoms with E-state index in [0.717, 1.165) is 16.8 Å². The zero-order chi connectivity index (χ0) is 24.0. The first-order chi connectivity index (χ1) is 15.8. The fourth-order valence-corrected chi connectivity index (χ4v) is 5.12. The van der Waals surface area contributed by atoms with E-state index < -0.39 is 10.0 Å². The summed E-state index contributed by atoms with van der Waals surface area (Å²) in [6.45, 7) is 7.41. The van der Waals surface area contributed by atoms with E-state index in [-0.39, 0.29) is 6.54 Å². The van der Waals surface area contributed by atoms with Crippen LogP contribution >= 0.6 is 0 Å². The Balaban J connectivity index is 1.90. The van der Waals surface area contributed by atoms with Gasteiger partial charge in [0.15, 0.2) is 11.5 Å². The van der Waals surface area contributed by atoms with Gasteiger partial charge < -0.3 is 9.47 Å². The Hall–Kier alpha value is -2.84. The van der Waals surface area contributed by atoms with Crippen LogP contribution < -0.4 is 9.47 Å². The normalized spacial score (nSPS) is 11.8. The van der Waals surface area contributed by atoms with Crippen molar-refractivity contribution in [2.75, 3.05) is 20.8 Å². The predicted molar refractivity (Wildman–Crippen MR) is 129 cm³/mol. The highest BCUT2D eigenvalue weighted by atomic mass is 32.2. The van der Waals surface area contributed by atoms with Gasteiger partial charge in [0.2, 0.25) is 10.0 Å². The topological polar surface area (TPSA) is 73.7 Å². The zero-order valence-corrected chi connectivity index (χ0v) is 20.8. The average Bonchev–Trinajstić information content (AvgIpc) is 3.28. The van der Waals surface area contributed by atoms with Crippen molar-refractivity contribution in [2.24, 2.45) is 0 Å². The van der Waals surface area contributed by atoms with Crippen LogP contribution in [0.25, 0.3) is 0 Å². The van der Waals surface area contributed by atoms with Gasteiger partial charge in [-0.2, -0.15) is 9.40 Å². The second kappa shape index (κ2) is 10.9. The van der Waals surface area contributed by atoms with Crippen LogP contribution in [-0.4, -0.2) is 43.3 Å². The fraction of sp³-hybridized carbons (Fsp3) is 0.400. The smallest absolute Gasteiger partial charge is 0.243 e. The molecule has 0 aliphatic carbocycles. The number of sulfonamides is 1. The maximum absolute atomic E-state index is 13.6. The lowest BCUT2D eigenvalue weighted by atomic mass is 10.0. The van der Waals surface area contributed by atoms with Crippen LogP contribution in [0.2, 0.25) is 0 Å². The quantitative estimate of drug-likeness (QED) is 0.412. The molecule has 178 valence electrons. The van der Waals surface area contributed by atoms with E-state index in [4.69, 9.17) is 9.47 Å². The number of aryl methyl sites for hydroxylation is 1. The molecule has 33 heavy (non-hydrogen) atoms. The molecule has 0 unspecified atom stereocenters. The summed E-state index contributed by atoms with van der Waals surface area (Å²) in [6.07, 6.45) is 2.24. The number of hydrogen-bond donors (Lipinski definition) is 0. The molecule has 3 aromatic rings. The minimum absolute atomic E-state index is 0.245. The highest BCUT2D eigenvalue weighted by Crippen LogP contribution is 2.28. The number of methoxy groups -OCH3 is 2. The summed E-state index contributed by atoms with van der Waals surface area (Å²) in [4.78, 5) is 0.293. The summed E-state index contributed by atoms with van der Waals surface area (Å²) in [5.74, 6) is 1.60. The zero-order valence-electron chi connectivity index (χ0n) is 20.0. The first-order valence-corrected chi connectivity index (χ1v) is 12.6. The lowest BCUT2D eigenvalue weighted by Gasteiger charge is -2.23. The van der Waals surface area contributed by atoms with Crippen molar-refractivity contribution in [3.8, 4) is 11.5 Å². The molecule has 0 radical (unpaired) electrons. The fourth-order valence-electron chi connectivity index (χ4n) is 3.71. The van der Waals surface area contributed by atoms with E-state index in [1.807, 2.05) is 48.0 Å². The molecular formula is C25H33N3O4S. The molecule has 1 heterocycles. The molecule has 0 bridgehead atoms. The van der Waals surface area contributed by atoms with Crippen LogP contribution in [0.15, 0.2) is 59.6 Å². The molecule has 0 spiro atoms. The molecule has 0 aliphatic rings. The summed E-state index contributed by atoms with van der Waals surface area (Å²) in [5, 5.41) is 4.30. The van der Waals surface area contributed by atoms with Gasteiger partial charge in [0, 0.05) is 19.3 Å². The minimum atomic E-state index is -3.71. The van der Waals surface area contributed by atoms with Gasteiger partial charge in [-0.3, -0.25) is 4.68 Å². The molecule has 0 N–H and O–H groups in total. The first-order valence-electron chi connectivity index (χ1n) is 11.1. The molecule has 0 atom stereocenters. The van der Waals surface area contributed by atoms with Crippen molar-refractivity contribution >= 4 is 10.0 Å². The minimum Gasteiger partial charge on any atom is -0.493 e. The Morgan fingerprint density at radius 2 is 1.70 bits per heavy atom. The number of benzene rings is 2. The van der Waals surface area contributed by atoms with Crippen LogP contribution in [0.4, 0.5) is 0 Å². The van der Waals surface area contributed by atoms with Crippen LogP contribution in [0.5, 0.6) is 11.5 Å². The van der Waals surface area contributed by atoms with Crippen molar-refractivity contribution in [2.45, 2.75) is 51.1 Å². The van der Waals surface area contributed by atoms with E-state index in [1.165, 1.54) is 4.31 Å². The van der Waals surface area contributed by atoms with Crippen LogP contribution in [0.1, 0.15) is 43.5 Å². The number of rotatable bonds is 11. The second-order valence-corrected chi connectivity index (χ2v) is 10.1. The molecular weight excluding hydrogens is 438 g/mol. The van der Waals surface area contributed by atoms with E-state index in [9.17, 15) is 8.42 Å². The van der Waals surface area contributed by atoms with E-state index in [2.05, 4.69) is 18.9 Å². The monoisotopic (exact) mass is 471 g/mol. The molecule has 0 fully saturated rings. The molecule has 8 heteroatoms. The third kappa shape index (κ3) is 5.75. The number of hydrogen-bond acceptors (Lipinski definition) is 5. The van der Waals surface area contributed by atoms with Crippen molar-refractivity contribution in [1.82, 2.24) is 14.1 Å². The van der Waals surface area contributed by atoms with Gasteiger partial charge in [-0.1, -0.05) is 32.0 Å². The lowest BCUT2D eigenvalue weighted by Crippen LogP contribution is -2.33. The van der Waals surface area contributed by atoms with Crippen molar-refractivity contribution in [3.63, 3.8) is 0 Å². The highest BCUT2D eigenvalue weighted by molar-refractivity contribution is 7.89. The largest absolute Gasteiger partial charge is 0.493 e. The molecule has 2 aromatic carbocycles. The molecule has 1 aromatic heterocycles. The van der Waals surface area contributed by atoms with E-state index >= 15 is 0 Å². The predicted octanol–water partition coefficient (Wildman–Crippen LogP) is 4.48. The van der Waals surface area contributed by atoms with Crippen LogP contribution in [-0.2, 0) is 29.5 Å². The summed E-state index contributed by atoms with van der Waals surface area (Å²) >= 11 is 0. The summed E-state index contributed by atoms with van der Waals surface area (Å²) in [5.41, 5.74) is 2.93. The molecule has 0 aliphatic heterocycles. The summed E-state index contributed by atoms with van der Waals surface area (Å²) in [6, 6.07) is 14.7. The summed E-state index contributed by atoms with van der Waals surface area (Å²) < 4.78 is 41.3. The van der Waals surface area contributed by atoms with Gasteiger partial charge in [-0.25, -0.2) is 8.42 Å². The second-order valence-electron chi connectivity index (χ2n) is 8.14. The number of aromatic nitrogens is 2. The van der Waals surface area contributed by atoms with Crippen molar-refractivity contribution in [1.29, 1.82) is 0 Å². The van der Waals surface area contributed by atoms with Gasteiger partial charge in [0.05, 0.1) is 31.4 Å². The van der Waals surface area contributed by atoms with E-state index in [0.29, 0.717) is 41.8 Å². The molecule has 3 rings (SSSR count). The molecule has 0 saturated carbocycles. The molecule has 0 amide bonds. The third-order valence-electron chi connectivity index (χ3n) is 5.72. The van der Waals surface area contributed by atoms with Gasteiger partial charge >= 0.3 is 0 Å². The molecule has 0 saturated heterocycles. The number of ether oxygens (including phenoxy) is 2. The van der Waals surface area contributed by atoms with Gasteiger partial charge in [-0.15, -0.1) is 0 Å². The highest BCUT2D eigenvalue weighted by Gasteiger charge is 2.26.